The highest BCUT2D eigenvalue weighted by Gasteiger charge is 2.32. The van der Waals surface area contributed by atoms with E-state index in [-0.39, 0.29) is 55.0 Å². The smallest absolute Gasteiger partial charge is 0.416 e. The number of amides is 5. The predicted molar refractivity (Wildman–Crippen MR) is 189 cm³/mol. The number of nitrogens with one attached hydrogen (secondary N) is 3. The second kappa shape index (κ2) is 18.5. The number of rotatable bonds is 7. The second-order valence-electron chi connectivity index (χ2n) is 13.8. The van der Waals surface area contributed by atoms with Crippen LogP contribution in [0.15, 0.2) is 42.5 Å². The number of anilines is 2. The number of ether oxygens (including phenoxy) is 2. The summed E-state index contributed by atoms with van der Waals surface area (Å²) >= 11 is 0. The van der Waals surface area contributed by atoms with Crippen molar-refractivity contribution in [2.24, 2.45) is 5.92 Å². The van der Waals surface area contributed by atoms with Gasteiger partial charge in [0.25, 0.3) is 5.91 Å². The maximum absolute atomic E-state index is 14.4. The fourth-order valence-electron chi connectivity index (χ4n) is 6.38. The molecule has 2 aliphatic rings. The van der Waals surface area contributed by atoms with Gasteiger partial charge in [-0.25, -0.2) is 9.59 Å². The first-order chi connectivity index (χ1) is 24.2. The summed E-state index contributed by atoms with van der Waals surface area (Å²) in [7, 11) is 1.56. The minimum atomic E-state index is -4.49. The lowest BCUT2D eigenvalue weighted by molar-refractivity contribution is -0.137. The number of hydrogen-bond acceptors (Lipinski definition) is 6. The Hall–Kier alpha value is -4.04. The van der Waals surface area contributed by atoms with E-state index in [4.69, 9.17) is 9.47 Å². The van der Waals surface area contributed by atoms with Crippen LogP contribution in [0.2, 0.25) is 0 Å². The van der Waals surface area contributed by atoms with Crippen molar-refractivity contribution in [3.05, 3.63) is 53.6 Å². The number of alkyl halides is 3. The lowest BCUT2D eigenvalue weighted by Gasteiger charge is -2.35. The van der Waals surface area contributed by atoms with Crippen LogP contribution in [0.4, 0.5) is 34.1 Å². The Labute approximate surface area is 298 Å². The minimum absolute atomic E-state index is 0.106. The van der Waals surface area contributed by atoms with E-state index in [0.717, 1.165) is 57.1 Å². The second-order valence-corrected chi connectivity index (χ2v) is 13.8. The molecular weight excluding hydrogens is 667 g/mol. The number of nitrogens with zero attached hydrogens (tertiary/aromatic N) is 2. The molecule has 1 aliphatic carbocycles. The maximum Gasteiger partial charge on any atom is 0.416 e. The molecule has 2 aromatic carbocycles. The molecule has 4 atom stereocenters. The zero-order chi connectivity index (χ0) is 37.1. The zero-order valence-corrected chi connectivity index (χ0v) is 29.9. The van der Waals surface area contributed by atoms with Crippen molar-refractivity contribution >= 4 is 29.3 Å². The van der Waals surface area contributed by atoms with Crippen molar-refractivity contribution in [2.75, 3.05) is 44.0 Å². The first kappa shape index (κ1) is 39.7. The number of urea groups is 2. The molecule has 0 bridgehead atoms. The monoisotopic (exact) mass is 719 g/mol. The summed E-state index contributed by atoms with van der Waals surface area (Å²) in [6.07, 6.45) is 2.12. The number of hydrogen-bond donors (Lipinski definition) is 4. The average molecular weight is 720 g/mol. The molecule has 14 heteroatoms. The van der Waals surface area contributed by atoms with Crippen molar-refractivity contribution in [1.29, 1.82) is 0 Å². The number of carbonyl (C=O) groups excluding carboxylic acids is 3. The van der Waals surface area contributed by atoms with Gasteiger partial charge >= 0.3 is 18.2 Å². The standard InChI is InChI=1S/C37H52F3N5O6/c1-24-21-45(25(2)23-46)34(47)31-20-30(42-35(48)41-28-11-6-5-7-12-28)17-18-32(31)51-26(3)10-8-9-19-50-33(24)22-44(4)36(49)43-29-15-13-27(14-16-29)37(38,39)40/h13-18,20,24-26,28,33,46H,5-12,19,21-23H2,1-4H3,(H,43,49)(H2,41,42,48)/t24-,25-,26-,33+/m1/s1. The van der Waals surface area contributed by atoms with E-state index >= 15 is 0 Å². The molecule has 5 amide bonds. The average Bonchev–Trinajstić information content (AvgIpc) is 3.09. The Kier molecular flexibility index (Phi) is 14.4. The van der Waals surface area contributed by atoms with Crippen LogP contribution in [0.5, 0.6) is 5.75 Å². The number of aliphatic hydroxyl groups excluding tert-OH is 1. The first-order valence-electron chi connectivity index (χ1n) is 17.9. The molecule has 11 nitrogen and oxygen atoms in total. The summed E-state index contributed by atoms with van der Waals surface area (Å²) in [4.78, 5) is 43.3. The highest BCUT2D eigenvalue weighted by Crippen LogP contribution is 2.31. The molecule has 0 radical (unpaired) electrons. The van der Waals surface area contributed by atoms with Gasteiger partial charge in [0, 0.05) is 50.1 Å². The van der Waals surface area contributed by atoms with Crippen molar-refractivity contribution in [3.63, 3.8) is 0 Å². The molecule has 1 aliphatic heterocycles. The van der Waals surface area contributed by atoms with Gasteiger partial charge in [-0.2, -0.15) is 13.2 Å². The lowest BCUT2D eigenvalue weighted by atomic mass is 9.96. The van der Waals surface area contributed by atoms with Crippen molar-refractivity contribution in [3.8, 4) is 5.75 Å². The first-order valence-corrected chi connectivity index (χ1v) is 17.9. The number of halogens is 3. The zero-order valence-electron chi connectivity index (χ0n) is 29.9. The van der Waals surface area contributed by atoms with Crippen LogP contribution in [0, 0.1) is 5.92 Å². The van der Waals surface area contributed by atoms with Crippen LogP contribution in [-0.2, 0) is 10.9 Å². The van der Waals surface area contributed by atoms with E-state index in [1.807, 2.05) is 13.8 Å². The largest absolute Gasteiger partial charge is 0.490 e. The molecule has 0 spiro atoms. The lowest BCUT2D eigenvalue weighted by Crippen LogP contribution is -2.48. The van der Waals surface area contributed by atoms with Gasteiger partial charge in [-0.05, 0) is 88.4 Å². The van der Waals surface area contributed by atoms with Gasteiger partial charge in [0.2, 0.25) is 0 Å². The molecular formula is C37H52F3N5O6. The maximum atomic E-state index is 14.4. The van der Waals surface area contributed by atoms with Gasteiger partial charge in [-0.1, -0.05) is 26.2 Å². The Balaban J connectivity index is 1.53. The number of carbonyl (C=O) groups is 3. The fourth-order valence-corrected chi connectivity index (χ4v) is 6.38. The molecule has 0 saturated heterocycles. The molecule has 0 aromatic heterocycles. The minimum Gasteiger partial charge on any atom is -0.490 e. The van der Waals surface area contributed by atoms with Crippen LogP contribution in [0.25, 0.3) is 0 Å². The fraction of sp³-hybridized carbons (Fsp3) is 0.595. The molecule has 1 saturated carbocycles. The third-order valence-corrected chi connectivity index (χ3v) is 9.51. The van der Waals surface area contributed by atoms with Crippen LogP contribution in [-0.4, -0.2) is 90.5 Å². The number of likely N-dealkylation sites (N-methyl/N-ethyl adjacent to an activating group) is 1. The van der Waals surface area contributed by atoms with Crippen molar-refractivity contribution in [2.45, 2.75) is 103 Å². The quantitative estimate of drug-likeness (QED) is 0.241. The highest BCUT2D eigenvalue weighted by atomic mass is 19.4. The van der Waals surface area contributed by atoms with E-state index < -0.39 is 35.8 Å². The van der Waals surface area contributed by atoms with Crippen molar-refractivity contribution in [1.82, 2.24) is 15.1 Å². The van der Waals surface area contributed by atoms with Gasteiger partial charge in [0.15, 0.2) is 0 Å². The predicted octanol–water partition coefficient (Wildman–Crippen LogP) is 7.12. The van der Waals surface area contributed by atoms with E-state index in [1.54, 1.807) is 37.1 Å². The Bertz CT molecular complexity index is 1450. The summed E-state index contributed by atoms with van der Waals surface area (Å²) in [6.45, 7) is 5.93. The SMILES string of the molecule is C[C@@H]1CCCCO[C@@H](CN(C)C(=O)Nc2ccc(C(F)(F)F)cc2)[C@H](C)CN([C@H](C)CO)C(=O)c2cc(NC(=O)NC3CCCCC3)ccc2O1. The number of aliphatic hydroxyl groups is 1. The topological polar surface area (TPSA) is 132 Å². The summed E-state index contributed by atoms with van der Waals surface area (Å²) in [5.41, 5.74) is 0.0682. The summed E-state index contributed by atoms with van der Waals surface area (Å²) in [6, 6.07) is 7.84. The summed E-state index contributed by atoms with van der Waals surface area (Å²) in [5.74, 6) is -0.345. The van der Waals surface area contributed by atoms with Gasteiger partial charge < -0.3 is 40.3 Å². The van der Waals surface area contributed by atoms with Gasteiger partial charge in [-0.3, -0.25) is 4.79 Å². The summed E-state index contributed by atoms with van der Waals surface area (Å²) in [5, 5.41) is 18.7. The van der Waals surface area contributed by atoms with E-state index in [0.29, 0.717) is 24.5 Å². The Morgan fingerprint density at radius 1 is 0.980 bits per heavy atom. The normalized spacial score (nSPS) is 21.8. The van der Waals surface area contributed by atoms with Crippen LogP contribution >= 0.6 is 0 Å². The highest BCUT2D eigenvalue weighted by molar-refractivity contribution is 5.99. The van der Waals surface area contributed by atoms with E-state index in [2.05, 4.69) is 16.0 Å². The molecule has 282 valence electrons. The number of benzene rings is 2. The molecule has 4 rings (SSSR count). The van der Waals surface area contributed by atoms with E-state index in [9.17, 15) is 32.7 Å². The van der Waals surface area contributed by atoms with Crippen molar-refractivity contribution < 1.29 is 42.1 Å². The van der Waals surface area contributed by atoms with Gasteiger partial charge in [-0.15, -0.1) is 0 Å². The molecule has 51 heavy (non-hydrogen) atoms. The third kappa shape index (κ3) is 11.7. The van der Waals surface area contributed by atoms with Crippen LogP contribution in [0.3, 0.4) is 0 Å². The summed E-state index contributed by atoms with van der Waals surface area (Å²) < 4.78 is 51.6. The molecule has 2 aromatic rings. The molecule has 1 heterocycles. The third-order valence-electron chi connectivity index (χ3n) is 9.51. The number of fused-ring (bicyclic) bond motifs is 1. The van der Waals surface area contributed by atoms with E-state index in [1.165, 1.54) is 17.0 Å². The van der Waals surface area contributed by atoms with Crippen LogP contribution in [0.1, 0.15) is 88.1 Å². The van der Waals surface area contributed by atoms with Gasteiger partial charge in [0.1, 0.15) is 5.75 Å². The van der Waals surface area contributed by atoms with Gasteiger partial charge in [0.05, 0.1) is 36.0 Å². The molecule has 1 fully saturated rings. The van der Waals surface area contributed by atoms with Crippen LogP contribution < -0.4 is 20.7 Å². The molecule has 0 unspecified atom stereocenters. The molecule has 4 N–H and O–H groups in total. The Morgan fingerprint density at radius 3 is 2.31 bits per heavy atom. The Morgan fingerprint density at radius 2 is 1.65 bits per heavy atom.